The second-order valence-corrected chi connectivity index (χ2v) is 6.75. The van der Waals surface area contributed by atoms with Crippen LogP contribution in [0.5, 0.6) is 0 Å². The van der Waals surface area contributed by atoms with Crippen LogP contribution >= 0.6 is 22.7 Å². The van der Waals surface area contributed by atoms with Crippen LogP contribution in [0.15, 0.2) is 29.6 Å². The molecule has 2 rings (SSSR count). The molecule has 0 atom stereocenters. The van der Waals surface area contributed by atoms with Gasteiger partial charge >= 0.3 is 0 Å². The summed E-state index contributed by atoms with van der Waals surface area (Å²) in [6.45, 7) is 6.49. The van der Waals surface area contributed by atoms with Crippen molar-refractivity contribution in [3.8, 4) is 0 Å². The minimum atomic E-state index is 0.124. The maximum Gasteiger partial charge on any atom is 0.212 e. The third kappa shape index (κ3) is 2.25. The molecular weight excluding hydrogens is 236 g/mol. The molecule has 2 aromatic rings. The Hall–Kier alpha value is -0.930. The van der Waals surface area contributed by atoms with E-state index >= 15 is 0 Å². The molecule has 2 heterocycles. The van der Waals surface area contributed by atoms with Crippen molar-refractivity contribution in [2.75, 3.05) is 0 Å². The van der Waals surface area contributed by atoms with E-state index in [9.17, 15) is 4.79 Å². The number of ketones is 1. The van der Waals surface area contributed by atoms with Gasteiger partial charge in [0.25, 0.3) is 0 Å². The lowest BCUT2D eigenvalue weighted by molar-refractivity contribution is 0.104. The van der Waals surface area contributed by atoms with Gasteiger partial charge in [-0.3, -0.25) is 4.79 Å². The van der Waals surface area contributed by atoms with E-state index in [1.807, 2.05) is 23.6 Å². The predicted octanol–water partition coefficient (Wildman–Crippen LogP) is 4.34. The van der Waals surface area contributed by atoms with Crippen LogP contribution in [-0.4, -0.2) is 5.78 Å². The lowest BCUT2D eigenvalue weighted by atomic mass is 9.95. The lowest BCUT2D eigenvalue weighted by Gasteiger charge is -2.15. The molecule has 1 nitrogen and oxygen atoms in total. The highest BCUT2D eigenvalue weighted by Crippen LogP contribution is 2.31. The van der Waals surface area contributed by atoms with E-state index in [-0.39, 0.29) is 11.2 Å². The van der Waals surface area contributed by atoms with E-state index in [0.29, 0.717) is 0 Å². The van der Waals surface area contributed by atoms with Crippen LogP contribution in [0.2, 0.25) is 0 Å². The molecule has 3 heteroatoms. The molecule has 0 bridgehead atoms. The smallest absolute Gasteiger partial charge is 0.212 e. The SMILES string of the molecule is CC(C)(C)c1ccc(C(=O)c2cccs2)s1. The molecule has 16 heavy (non-hydrogen) atoms. The first kappa shape index (κ1) is 11.6. The number of carbonyl (C=O) groups excluding carboxylic acids is 1. The van der Waals surface area contributed by atoms with Crippen LogP contribution in [0.1, 0.15) is 40.2 Å². The van der Waals surface area contributed by atoms with E-state index in [1.54, 1.807) is 11.3 Å². The van der Waals surface area contributed by atoms with Gasteiger partial charge < -0.3 is 0 Å². The molecule has 0 aliphatic heterocycles. The van der Waals surface area contributed by atoms with Crippen molar-refractivity contribution < 1.29 is 4.79 Å². The second kappa shape index (κ2) is 4.15. The highest BCUT2D eigenvalue weighted by molar-refractivity contribution is 7.16. The number of hydrogen-bond donors (Lipinski definition) is 0. The van der Waals surface area contributed by atoms with Gasteiger partial charge in [-0.15, -0.1) is 22.7 Å². The van der Waals surface area contributed by atoms with Crippen molar-refractivity contribution in [1.29, 1.82) is 0 Å². The molecule has 0 radical (unpaired) electrons. The number of hydrogen-bond acceptors (Lipinski definition) is 3. The van der Waals surface area contributed by atoms with Gasteiger partial charge in [0.05, 0.1) is 9.75 Å². The minimum absolute atomic E-state index is 0.124. The summed E-state index contributed by atoms with van der Waals surface area (Å²) in [6, 6.07) is 7.79. The number of thiophene rings is 2. The summed E-state index contributed by atoms with van der Waals surface area (Å²) >= 11 is 3.10. The number of carbonyl (C=O) groups is 1. The Kier molecular flexibility index (Phi) is 3.00. The van der Waals surface area contributed by atoms with Crippen molar-refractivity contribution in [3.63, 3.8) is 0 Å². The van der Waals surface area contributed by atoms with Crippen LogP contribution in [0, 0.1) is 0 Å². The zero-order valence-corrected chi connectivity index (χ0v) is 11.2. The number of rotatable bonds is 2. The Morgan fingerprint density at radius 3 is 2.38 bits per heavy atom. The quantitative estimate of drug-likeness (QED) is 0.725. The van der Waals surface area contributed by atoms with E-state index in [4.69, 9.17) is 0 Å². The summed E-state index contributed by atoms with van der Waals surface area (Å²) in [5.41, 5.74) is 0.124. The molecule has 0 N–H and O–H groups in total. The topological polar surface area (TPSA) is 17.1 Å². The Morgan fingerprint density at radius 2 is 1.88 bits per heavy atom. The third-order valence-electron chi connectivity index (χ3n) is 2.31. The Morgan fingerprint density at radius 1 is 1.12 bits per heavy atom. The van der Waals surface area contributed by atoms with Gasteiger partial charge in [0.1, 0.15) is 0 Å². The van der Waals surface area contributed by atoms with Crippen LogP contribution in [0.3, 0.4) is 0 Å². The molecule has 0 aliphatic carbocycles. The Balaban J connectivity index is 2.30. The summed E-state index contributed by atoms with van der Waals surface area (Å²) in [6.07, 6.45) is 0. The van der Waals surface area contributed by atoms with Crippen LogP contribution < -0.4 is 0 Å². The molecular formula is C13H14OS2. The molecule has 0 aliphatic rings. The highest BCUT2D eigenvalue weighted by atomic mass is 32.1. The normalized spacial score (nSPS) is 11.7. The first-order valence-electron chi connectivity index (χ1n) is 5.17. The average molecular weight is 250 g/mol. The van der Waals surface area contributed by atoms with Crippen LogP contribution in [0.25, 0.3) is 0 Å². The third-order valence-corrected chi connectivity index (χ3v) is 4.69. The fraction of sp³-hybridized carbons (Fsp3) is 0.308. The van der Waals surface area contributed by atoms with Crippen LogP contribution in [0.4, 0.5) is 0 Å². The van der Waals surface area contributed by atoms with Crippen LogP contribution in [-0.2, 0) is 5.41 Å². The van der Waals surface area contributed by atoms with Gasteiger partial charge in [-0.05, 0) is 29.0 Å². The molecule has 2 aromatic heterocycles. The molecule has 84 valence electrons. The monoisotopic (exact) mass is 250 g/mol. The zero-order chi connectivity index (χ0) is 11.8. The van der Waals surface area contributed by atoms with E-state index in [0.717, 1.165) is 9.75 Å². The maximum atomic E-state index is 12.1. The van der Waals surface area contributed by atoms with Crippen molar-refractivity contribution >= 4 is 28.5 Å². The van der Waals surface area contributed by atoms with Crippen molar-refractivity contribution in [2.45, 2.75) is 26.2 Å². The van der Waals surface area contributed by atoms with E-state index in [1.165, 1.54) is 16.2 Å². The van der Waals surface area contributed by atoms with Crippen molar-refractivity contribution in [1.82, 2.24) is 0 Å². The Bertz CT molecular complexity index is 486. The summed E-state index contributed by atoms with van der Waals surface area (Å²) in [7, 11) is 0. The largest absolute Gasteiger partial charge is 0.287 e. The molecule has 0 amide bonds. The Labute approximate surface area is 104 Å². The van der Waals surface area contributed by atoms with E-state index < -0.39 is 0 Å². The minimum Gasteiger partial charge on any atom is -0.287 e. The fourth-order valence-corrected chi connectivity index (χ4v) is 3.15. The van der Waals surface area contributed by atoms with Gasteiger partial charge in [-0.2, -0.15) is 0 Å². The van der Waals surface area contributed by atoms with Gasteiger partial charge in [-0.1, -0.05) is 26.8 Å². The summed E-state index contributed by atoms with van der Waals surface area (Å²) in [4.78, 5) is 15.0. The van der Waals surface area contributed by atoms with Gasteiger partial charge in [0.15, 0.2) is 0 Å². The predicted molar refractivity (Wildman–Crippen MR) is 70.8 cm³/mol. The fourth-order valence-electron chi connectivity index (χ4n) is 1.39. The average Bonchev–Trinajstić information content (AvgIpc) is 2.87. The van der Waals surface area contributed by atoms with Crippen molar-refractivity contribution in [3.05, 3.63) is 44.3 Å². The summed E-state index contributed by atoms with van der Waals surface area (Å²) in [5.74, 6) is 0.149. The standard InChI is InChI=1S/C13H14OS2/c1-13(2,3)11-7-6-10(16-11)12(14)9-5-4-8-15-9/h4-8H,1-3H3. The molecule has 0 unspecified atom stereocenters. The molecule has 0 fully saturated rings. The second-order valence-electron chi connectivity index (χ2n) is 4.72. The summed E-state index contributed by atoms with van der Waals surface area (Å²) < 4.78 is 0. The molecule has 0 spiro atoms. The first-order valence-corrected chi connectivity index (χ1v) is 6.86. The van der Waals surface area contributed by atoms with Gasteiger partial charge in [-0.25, -0.2) is 0 Å². The first-order chi connectivity index (χ1) is 7.48. The van der Waals surface area contributed by atoms with Crippen molar-refractivity contribution in [2.24, 2.45) is 0 Å². The lowest BCUT2D eigenvalue weighted by Crippen LogP contribution is -2.07. The molecule has 0 aromatic carbocycles. The van der Waals surface area contributed by atoms with Gasteiger partial charge in [0, 0.05) is 4.88 Å². The molecule has 0 saturated carbocycles. The van der Waals surface area contributed by atoms with E-state index in [2.05, 4.69) is 26.8 Å². The highest BCUT2D eigenvalue weighted by Gasteiger charge is 2.19. The molecule has 0 saturated heterocycles. The zero-order valence-electron chi connectivity index (χ0n) is 9.61. The van der Waals surface area contributed by atoms with Gasteiger partial charge in [0.2, 0.25) is 5.78 Å². The maximum absolute atomic E-state index is 12.1. The summed E-state index contributed by atoms with van der Waals surface area (Å²) in [5, 5.41) is 1.94.